The summed E-state index contributed by atoms with van der Waals surface area (Å²) in [4.78, 5) is 17.1. The molecule has 3 atom stereocenters. The molecule has 3 unspecified atom stereocenters. The van der Waals surface area contributed by atoms with Gasteiger partial charge in [-0.3, -0.25) is 10.1 Å². The Morgan fingerprint density at radius 1 is 1.42 bits per heavy atom. The summed E-state index contributed by atoms with van der Waals surface area (Å²) < 4.78 is 0. The van der Waals surface area contributed by atoms with Gasteiger partial charge in [-0.15, -0.1) is 11.3 Å². The predicted octanol–water partition coefficient (Wildman–Crippen LogP) is 3.06. The second-order valence-electron chi connectivity index (χ2n) is 5.92. The fourth-order valence-corrected chi connectivity index (χ4v) is 4.08. The number of hydrogen-bond acceptors (Lipinski definition) is 3. The van der Waals surface area contributed by atoms with Gasteiger partial charge >= 0.3 is 0 Å². The minimum atomic E-state index is -0.0602. The van der Waals surface area contributed by atoms with Gasteiger partial charge in [-0.05, 0) is 51.7 Å². The van der Waals surface area contributed by atoms with Gasteiger partial charge in [-0.1, -0.05) is 6.42 Å². The molecule has 104 valence electrons. The average molecular weight is 278 g/mol. The summed E-state index contributed by atoms with van der Waals surface area (Å²) in [5.74, 6) is 0.954. The summed E-state index contributed by atoms with van der Waals surface area (Å²) in [6.07, 6.45) is 3.95. The molecule has 0 bridgehead atoms. The lowest BCUT2D eigenvalue weighted by molar-refractivity contribution is -0.133. The summed E-state index contributed by atoms with van der Waals surface area (Å²) in [5, 5.41) is 3.45. The fourth-order valence-electron chi connectivity index (χ4n) is 3.14. The van der Waals surface area contributed by atoms with Crippen molar-refractivity contribution in [3.63, 3.8) is 0 Å². The van der Waals surface area contributed by atoms with Gasteiger partial charge in [-0.2, -0.15) is 0 Å². The lowest BCUT2D eigenvalue weighted by atomic mass is 9.79. The highest BCUT2D eigenvalue weighted by Crippen LogP contribution is 2.38. The Balaban J connectivity index is 1.86. The van der Waals surface area contributed by atoms with Crippen molar-refractivity contribution in [1.82, 2.24) is 10.2 Å². The quantitative estimate of drug-likeness (QED) is 0.921. The van der Waals surface area contributed by atoms with Gasteiger partial charge in [0, 0.05) is 15.8 Å². The van der Waals surface area contributed by atoms with E-state index in [0.29, 0.717) is 12.0 Å². The zero-order valence-electron chi connectivity index (χ0n) is 11.8. The Kier molecular flexibility index (Phi) is 3.39. The van der Waals surface area contributed by atoms with Crippen LogP contribution in [0.25, 0.3) is 0 Å². The Bertz CT molecular complexity index is 480. The van der Waals surface area contributed by atoms with Gasteiger partial charge in [-0.25, -0.2) is 0 Å². The molecule has 1 aromatic rings. The highest BCUT2D eigenvalue weighted by atomic mass is 32.1. The molecule has 4 heteroatoms. The van der Waals surface area contributed by atoms with Crippen LogP contribution in [-0.2, 0) is 4.79 Å². The standard InChI is InChI=1S/C15H22N2OS/c1-9-7-8-13(19-9)14-16-10(2)15(18)17(14)11(3)12-5-4-6-12/h7-8,10-12,14,16H,4-6H2,1-3H3. The molecule has 0 spiro atoms. The van der Waals surface area contributed by atoms with Crippen LogP contribution in [0.5, 0.6) is 0 Å². The SMILES string of the molecule is Cc1ccc(C2NC(C)C(=O)N2C(C)C2CCC2)s1. The first-order valence-corrected chi connectivity index (χ1v) is 8.04. The van der Waals surface area contributed by atoms with Gasteiger partial charge in [0.1, 0.15) is 6.17 Å². The van der Waals surface area contributed by atoms with Crippen LogP contribution in [0.3, 0.4) is 0 Å². The molecule has 1 saturated heterocycles. The zero-order chi connectivity index (χ0) is 13.6. The van der Waals surface area contributed by atoms with Crippen molar-refractivity contribution in [3.8, 4) is 0 Å². The van der Waals surface area contributed by atoms with E-state index in [1.54, 1.807) is 11.3 Å². The van der Waals surface area contributed by atoms with Crippen LogP contribution in [-0.4, -0.2) is 22.9 Å². The third-order valence-corrected chi connectivity index (χ3v) is 5.67. The molecule has 3 nitrogen and oxygen atoms in total. The van der Waals surface area contributed by atoms with Gasteiger partial charge in [0.15, 0.2) is 0 Å². The van der Waals surface area contributed by atoms with Crippen molar-refractivity contribution in [2.24, 2.45) is 5.92 Å². The smallest absolute Gasteiger partial charge is 0.241 e. The number of hydrogen-bond donors (Lipinski definition) is 1. The van der Waals surface area contributed by atoms with E-state index in [1.807, 2.05) is 6.92 Å². The van der Waals surface area contributed by atoms with Crippen molar-refractivity contribution in [2.75, 3.05) is 0 Å². The molecule has 1 saturated carbocycles. The normalized spacial score (nSPS) is 29.6. The number of carbonyl (C=O) groups is 1. The number of amides is 1. The average Bonchev–Trinajstić information content (AvgIpc) is 2.82. The van der Waals surface area contributed by atoms with Crippen molar-refractivity contribution in [2.45, 2.75) is 58.3 Å². The third-order valence-electron chi connectivity index (χ3n) is 4.61. The molecule has 2 aliphatic rings. The minimum Gasteiger partial charge on any atom is -0.318 e. The van der Waals surface area contributed by atoms with Gasteiger partial charge in [0.05, 0.1) is 6.04 Å². The van der Waals surface area contributed by atoms with E-state index in [2.05, 4.69) is 36.2 Å². The molecule has 1 aliphatic carbocycles. The Morgan fingerprint density at radius 3 is 2.68 bits per heavy atom. The number of rotatable bonds is 3. The van der Waals surface area contributed by atoms with Crippen molar-refractivity contribution < 1.29 is 4.79 Å². The van der Waals surface area contributed by atoms with Crippen LogP contribution in [0.2, 0.25) is 0 Å². The second kappa shape index (κ2) is 4.91. The second-order valence-corrected chi connectivity index (χ2v) is 7.24. The van der Waals surface area contributed by atoms with E-state index < -0.39 is 0 Å². The number of nitrogens with zero attached hydrogens (tertiary/aromatic N) is 1. The lowest BCUT2D eigenvalue weighted by Crippen LogP contribution is -2.44. The van der Waals surface area contributed by atoms with Crippen molar-refractivity contribution >= 4 is 17.2 Å². The molecule has 2 fully saturated rings. The van der Waals surface area contributed by atoms with Crippen LogP contribution in [0.4, 0.5) is 0 Å². The minimum absolute atomic E-state index is 0.0602. The predicted molar refractivity (Wildman–Crippen MR) is 78.0 cm³/mol. The summed E-state index contributed by atoms with van der Waals surface area (Å²) in [6, 6.07) is 4.59. The van der Waals surface area contributed by atoms with Crippen LogP contribution < -0.4 is 5.32 Å². The van der Waals surface area contributed by atoms with Crippen LogP contribution in [0.15, 0.2) is 12.1 Å². The molecule has 2 heterocycles. The molecule has 3 rings (SSSR count). The maximum atomic E-state index is 12.4. The highest BCUT2D eigenvalue weighted by molar-refractivity contribution is 7.12. The topological polar surface area (TPSA) is 32.3 Å². The number of carbonyl (C=O) groups excluding carboxylic acids is 1. The third kappa shape index (κ3) is 2.21. The van der Waals surface area contributed by atoms with Crippen LogP contribution in [0.1, 0.15) is 49.0 Å². The molecule has 1 aliphatic heterocycles. The zero-order valence-corrected chi connectivity index (χ0v) is 12.7. The first kappa shape index (κ1) is 13.1. The molecule has 1 aromatic heterocycles. The molecule has 0 aromatic carbocycles. The van der Waals surface area contributed by atoms with E-state index in [1.165, 1.54) is 29.0 Å². The lowest BCUT2D eigenvalue weighted by Gasteiger charge is -2.39. The van der Waals surface area contributed by atoms with Gasteiger partial charge in [0.25, 0.3) is 0 Å². The van der Waals surface area contributed by atoms with E-state index in [4.69, 9.17) is 0 Å². The molecule has 19 heavy (non-hydrogen) atoms. The largest absolute Gasteiger partial charge is 0.318 e. The Morgan fingerprint density at radius 2 is 2.16 bits per heavy atom. The van der Waals surface area contributed by atoms with Crippen LogP contribution in [0, 0.1) is 12.8 Å². The van der Waals surface area contributed by atoms with Gasteiger partial charge < -0.3 is 4.90 Å². The van der Waals surface area contributed by atoms with E-state index >= 15 is 0 Å². The number of thiophene rings is 1. The maximum absolute atomic E-state index is 12.4. The molecule has 0 radical (unpaired) electrons. The molecule has 1 N–H and O–H groups in total. The first-order valence-electron chi connectivity index (χ1n) is 7.22. The van der Waals surface area contributed by atoms with Gasteiger partial charge in [0.2, 0.25) is 5.91 Å². The summed E-state index contributed by atoms with van der Waals surface area (Å²) >= 11 is 1.79. The maximum Gasteiger partial charge on any atom is 0.241 e. The first-order chi connectivity index (χ1) is 9.08. The van der Waals surface area contributed by atoms with E-state index in [0.717, 1.165) is 0 Å². The fraction of sp³-hybridized carbons (Fsp3) is 0.667. The van der Waals surface area contributed by atoms with E-state index in [9.17, 15) is 4.79 Å². The van der Waals surface area contributed by atoms with Crippen LogP contribution >= 0.6 is 11.3 Å². The monoisotopic (exact) mass is 278 g/mol. The number of aryl methyl sites for hydroxylation is 1. The Hall–Kier alpha value is -0.870. The molecular formula is C15H22N2OS. The summed E-state index contributed by atoms with van der Waals surface area (Å²) in [5.41, 5.74) is 0. The molecule has 1 amide bonds. The summed E-state index contributed by atoms with van der Waals surface area (Å²) in [7, 11) is 0. The van der Waals surface area contributed by atoms with E-state index in [-0.39, 0.29) is 18.1 Å². The Labute approximate surface area is 119 Å². The number of nitrogens with one attached hydrogen (secondary N) is 1. The summed E-state index contributed by atoms with van der Waals surface area (Å²) in [6.45, 7) is 6.31. The van der Waals surface area contributed by atoms with Crippen molar-refractivity contribution in [3.05, 3.63) is 21.9 Å². The highest BCUT2D eigenvalue weighted by Gasteiger charge is 2.43. The molecular weight excluding hydrogens is 256 g/mol. The van der Waals surface area contributed by atoms with Crippen molar-refractivity contribution in [1.29, 1.82) is 0 Å².